The van der Waals surface area contributed by atoms with E-state index in [9.17, 15) is 13.2 Å². The maximum absolute atomic E-state index is 12.0. The van der Waals surface area contributed by atoms with Gasteiger partial charge in [-0.05, 0) is 24.6 Å². The predicted octanol–water partition coefficient (Wildman–Crippen LogP) is 1.26. The molecule has 0 aromatic heterocycles. The second kappa shape index (κ2) is 5.68. The van der Waals surface area contributed by atoms with E-state index in [-0.39, 0.29) is 23.8 Å². The molecule has 0 bridgehead atoms. The van der Waals surface area contributed by atoms with Gasteiger partial charge in [-0.25, -0.2) is 13.1 Å². The van der Waals surface area contributed by atoms with Crippen LogP contribution in [0, 0.1) is 0 Å². The molecule has 2 rings (SSSR count). The van der Waals surface area contributed by atoms with Gasteiger partial charge in [0, 0.05) is 18.0 Å². The maximum Gasteiger partial charge on any atom is 0.303 e. The summed E-state index contributed by atoms with van der Waals surface area (Å²) in [5, 5.41) is 11.6. The van der Waals surface area contributed by atoms with E-state index in [1.165, 1.54) is 6.07 Å². The number of fused-ring (bicyclic) bond motifs is 1. The zero-order valence-corrected chi connectivity index (χ0v) is 11.8. The number of carbonyl (C=O) groups is 1. The first-order chi connectivity index (χ1) is 9.38. The minimum absolute atomic E-state index is 0.0181. The normalized spacial score (nSPS) is 17.9. The molecule has 20 heavy (non-hydrogen) atoms. The third-order valence-corrected chi connectivity index (χ3v) is 4.15. The molecule has 0 unspecified atom stereocenters. The van der Waals surface area contributed by atoms with Crippen LogP contribution in [-0.4, -0.2) is 32.0 Å². The molecule has 0 fully saturated rings. The van der Waals surface area contributed by atoms with Crippen molar-refractivity contribution < 1.29 is 18.3 Å². The molecule has 0 radical (unpaired) electrons. The quantitative estimate of drug-likeness (QED) is 0.725. The number of nitrogens with zero attached hydrogens (tertiary/aromatic N) is 1. The molecule has 7 nitrogen and oxygen atoms in total. The number of aliphatic carboxylic acids is 1. The van der Waals surface area contributed by atoms with Crippen LogP contribution in [0.2, 0.25) is 5.02 Å². The van der Waals surface area contributed by atoms with Crippen LogP contribution in [0.3, 0.4) is 0 Å². The lowest BCUT2D eigenvalue weighted by atomic mass is 10.3. The van der Waals surface area contributed by atoms with E-state index < -0.39 is 16.0 Å². The van der Waals surface area contributed by atoms with Crippen LogP contribution in [-0.2, 0) is 14.8 Å². The predicted molar refractivity (Wildman–Crippen MR) is 74.6 cm³/mol. The van der Waals surface area contributed by atoms with Gasteiger partial charge in [-0.15, -0.1) is 0 Å². The van der Waals surface area contributed by atoms with Crippen molar-refractivity contribution in [3.05, 3.63) is 23.2 Å². The van der Waals surface area contributed by atoms with Crippen molar-refractivity contribution in [2.45, 2.75) is 17.7 Å². The number of carboxylic acid groups (broad SMARTS) is 1. The summed E-state index contributed by atoms with van der Waals surface area (Å²) < 4.78 is 26.3. The molecule has 1 aromatic carbocycles. The Labute approximate surface area is 120 Å². The van der Waals surface area contributed by atoms with Gasteiger partial charge in [0.15, 0.2) is 0 Å². The highest BCUT2D eigenvalue weighted by Gasteiger charge is 2.26. The number of halogens is 1. The average molecular weight is 318 g/mol. The highest BCUT2D eigenvalue weighted by atomic mass is 35.5. The van der Waals surface area contributed by atoms with E-state index in [1.807, 2.05) is 0 Å². The lowest BCUT2D eigenvalue weighted by molar-refractivity contribution is -0.137. The van der Waals surface area contributed by atoms with E-state index in [0.29, 0.717) is 17.1 Å². The number of benzene rings is 1. The van der Waals surface area contributed by atoms with Crippen LogP contribution in [0.1, 0.15) is 12.8 Å². The topological polar surface area (TPSA) is 108 Å². The van der Waals surface area contributed by atoms with Gasteiger partial charge in [-0.3, -0.25) is 9.79 Å². The van der Waals surface area contributed by atoms with Crippen LogP contribution in [0.25, 0.3) is 0 Å². The molecule has 3 N–H and O–H groups in total. The van der Waals surface area contributed by atoms with E-state index in [1.54, 1.807) is 12.1 Å². The van der Waals surface area contributed by atoms with Crippen LogP contribution in [0.15, 0.2) is 28.1 Å². The van der Waals surface area contributed by atoms with E-state index >= 15 is 0 Å². The lowest BCUT2D eigenvalue weighted by Crippen LogP contribution is -2.40. The fourth-order valence-electron chi connectivity index (χ4n) is 1.65. The lowest BCUT2D eigenvalue weighted by Gasteiger charge is -2.21. The van der Waals surface area contributed by atoms with Crippen molar-refractivity contribution in [1.82, 2.24) is 4.72 Å². The number of nitrogens with one attached hydrogen (secondary N) is 2. The molecule has 1 aromatic rings. The van der Waals surface area contributed by atoms with Gasteiger partial charge >= 0.3 is 5.97 Å². The molecule has 0 spiro atoms. The molecule has 0 atom stereocenters. The number of guanidine groups is 1. The molecule has 0 amide bonds. The zero-order valence-electron chi connectivity index (χ0n) is 10.3. The summed E-state index contributed by atoms with van der Waals surface area (Å²) in [5.74, 6) is -0.840. The number of hydrogen-bond donors (Lipinski definition) is 3. The molecule has 1 aliphatic rings. The second-order valence-corrected chi connectivity index (χ2v) is 6.19. The van der Waals surface area contributed by atoms with Gasteiger partial charge < -0.3 is 10.4 Å². The summed E-state index contributed by atoms with van der Waals surface area (Å²) in [5.41, 5.74) is 0.380. The first-order valence-electron chi connectivity index (χ1n) is 5.74. The van der Waals surface area contributed by atoms with Crippen molar-refractivity contribution in [2.24, 2.45) is 4.99 Å². The Morgan fingerprint density at radius 1 is 1.40 bits per heavy atom. The third kappa shape index (κ3) is 3.40. The fraction of sp³-hybridized carbons (Fsp3) is 0.273. The molecular formula is C11H12ClN3O4S. The minimum atomic E-state index is -3.71. The maximum atomic E-state index is 12.0. The highest BCUT2D eigenvalue weighted by Crippen LogP contribution is 2.27. The number of rotatable bonds is 4. The van der Waals surface area contributed by atoms with Gasteiger partial charge in [-0.1, -0.05) is 11.6 Å². The molecular weight excluding hydrogens is 306 g/mol. The molecule has 0 saturated heterocycles. The minimum Gasteiger partial charge on any atom is -0.481 e. The van der Waals surface area contributed by atoms with Crippen molar-refractivity contribution >= 4 is 39.2 Å². The summed E-state index contributed by atoms with van der Waals surface area (Å²) in [6.45, 7) is 0.208. The van der Waals surface area contributed by atoms with E-state index in [2.05, 4.69) is 15.0 Å². The number of aliphatic imine (C=N–C) groups is 1. The van der Waals surface area contributed by atoms with Crippen LogP contribution < -0.4 is 10.0 Å². The Kier molecular flexibility index (Phi) is 4.15. The van der Waals surface area contributed by atoms with Crippen LogP contribution >= 0.6 is 11.6 Å². The Hall–Kier alpha value is -1.80. The summed E-state index contributed by atoms with van der Waals surface area (Å²) >= 11 is 5.77. The number of hydrogen-bond acceptors (Lipinski definition) is 4. The Morgan fingerprint density at radius 2 is 2.15 bits per heavy atom. The number of sulfonamides is 1. The molecule has 1 aliphatic heterocycles. The summed E-state index contributed by atoms with van der Waals surface area (Å²) in [6, 6.07) is 4.45. The Balaban J connectivity index is 2.16. The SMILES string of the molecule is O=C(O)CCCN=C1Nc2ccc(Cl)cc2S(=O)(=O)N1. The second-order valence-electron chi connectivity index (χ2n) is 4.10. The van der Waals surface area contributed by atoms with Crippen molar-refractivity contribution in [3.8, 4) is 0 Å². The molecule has 1 heterocycles. The van der Waals surface area contributed by atoms with Gasteiger partial charge in [0.25, 0.3) is 10.0 Å². The van der Waals surface area contributed by atoms with Gasteiger partial charge in [0.2, 0.25) is 5.96 Å². The van der Waals surface area contributed by atoms with Crippen LogP contribution in [0.4, 0.5) is 5.69 Å². The number of carboxylic acids is 1. The molecule has 9 heteroatoms. The highest BCUT2D eigenvalue weighted by molar-refractivity contribution is 7.90. The molecule has 0 aliphatic carbocycles. The van der Waals surface area contributed by atoms with Crippen molar-refractivity contribution in [2.75, 3.05) is 11.9 Å². The van der Waals surface area contributed by atoms with Crippen LogP contribution in [0.5, 0.6) is 0 Å². The zero-order chi connectivity index (χ0) is 14.8. The van der Waals surface area contributed by atoms with E-state index in [0.717, 1.165) is 0 Å². The third-order valence-electron chi connectivity index (χ3n) is 2.54. The van der Waals surface area contributed by atoms with Gasteiger partial charge in [0.1, 0.15) is 4.90 Å². The summed E-state index contributed by atoms with van der Waals surface area (Å²) in [7, 11) is -3.71. The smallest absolute Gasteiger partial charge is 0.303 e. The first-order valence-corrected chi connectivity index (χ1v) is 7.60. The van der Waals surface area contributed by atoms with Gasteiger partial charge in [-0.2, -0.15) is 0 Å². The van der Waals surface area contributed by atoms with Crippen molar-refractivity contribution in [3.63, 3.8) is 0 Å². The standard InChI is InChI=1S/C11H12ClN3O4S/c12-7-3-4-8-9(6-7)20(18,19)15-11(14-8)13-5-1-2-10(16)17/h3-4,6H,1-2,5H2,(H,16,17)(H2,13,14,15). The molecule has 108 valence electrons. The van der Waals surface area contributed by atoms with Gasteiger partial charge in [0.05, 0.1) is 5.69 Å². The average Bonchev–Trinajstić information content (AvgIpc) is 2.35. The fourth-order valence-corrected chi connectivity index (χ4v) is 3.06. The first kappa shape index (κ1) is 14.6. The Morgan fingerprint density at radius 3 is 2.85 bits per heavy atom. The molecule has 0 saturated carbocycles. The monoisotopic (exact) mass is 317 g/mol. The largest absolute Gasteiger partial charge is 0.481 e. The van der Waals surface area contributed by atoms with Crippen molar-refractivity contribution in [1.29, 1.82) is 0 Å². The Bertz CT molecular complexity index is 672. The number of anilines is 1. The summed E-state index contributed by atoms with van der Waals surface area (Å²) in [4.78, 5) is 14.4. The summed E-state index contributed by atoms with van der Waals surface area (Å²) in [6.07, 6.45) is 0.311. The van der Waals surface area contributed by atoms with E-state index in [4.69, 9.17) is 16.7 Å².